The van der Waals surface area contributed by atoms with Crippen molar-refractivity contribution in [2.75, 3.05) is 6.54 Å². The molecule has 15 heavy (non-hydrogen) atoms. The van der Waals surface area contributed by atoms with Crippen LogP contribution in [-0.4, -0.2) is 28.0 Å². The molecule has 0 aromatic rings. The van der Waals surface area contributed by atoms with Crippen molar-refractivity contribution in [3.8, 4) is 0 Å². The molecule has 4 heteroatoms. The van der Waals surface area contributed by atoms with E-state index in [0.717, 1.165) is 25.7 Å². The van der Waals surface area contributed by atoms with Crippen LogP contribution in [0.1, 0.15) is 45.4 Å². The largest absolute Gasteiger partial charge is 0.388 e. The molecule has 0 bridgehead atoms. The number of nitrogens with one attached hydrogen (secondary N) is 1. The average molecular weight is 278 g/mol. The summed E-state index contributed by atoms with van der Waals surface area (Å²) in [5.41, 5.74) is -0.673. The average Bonchev–Trinajstić information content (AvgIpc) is 2.40. The molecule has 88 valence electrons. The summed E-state index contributed by atoms with van der Waals surface area (Å²) >= 11 is 3.20. The van der Waals surface area contributed by atoms with E-state index >= 15 is 0 Å². The second kappa shape index (κ2) is 5.85. The Hall–Kier alpha value is -0.0900. The van der Waals surface area contributed by atoms with Crippen LogP contribution in [-0.2, 0) is 4.79 Å². The van der Waals surface area contributed by atoms with Gasteiger partial charge in [-0.15, -0.1) is 0 Å². The number of rotatable bonds is 3. The molecule has 0 radical (unpaired) electrons. The molecule has 2 N–H and O–H groups in total. The molecule has 1 aliphatic rings. The van der Waals surface area contributed by atoms with E-state index in [4.69, 9.17) is 0 Å². The van der Waals surface area contributed by atoms with E-state index in [1.165, 1.54) is 12.8 Å². The van der Waals surface area contributed by atoms with Gasteiger partial charge in [0.05, 0.1) is 10.4 Å². The quantitative estimate of drug-likeness (QED) is 0.612. The number of amides is 1. The first kappa shape index (κ1) is 13.0. The smallest absolute Gasteiger partial charge is 0.233 e. The van der Waals surface area contributed by atoms with Gasteiger partial charge in [0, 0.05) is 6.54 Å². The summed E-state index contributed by atoms with van der Waals surface area (Å²) in [5, 5.41) is 13.0. The maximum absolute atomic E-state index is 11.3. The van der Waals surface area contributed by atoms with Crippen LogP contribution in [0.5, 0.6) is 0 Å². The van der Waals surface area contributed by atoms with Crippen molar-refractivity contribution in [1.82, 2.24) is 5.32 Å². The molecule has 1 saturated carbocycles. The normalized spacial score (nSPS) is 22.9. The maximum Gasteiger partial charge on any atom is 0.233 e. The minimum atomic E-state index is -0.673. The lowest BCUT2D eigenvalue weighted by Crippen LogP contribution is -2.44. The van der Waals surface area contributed by atoms with E-state index in [1.807, 2.05) is 0 Å². The van der Waals surface area contributed by atoms with Crippen LogP contribution < -0.4 is 5.32 Å². The van der Waals surface area contributed by atoms with Crippen LogP contribution in [0.3, 0.4) is 0 Å². The summed E-state index contributed by atoms with van der Waals surface area (Å²) in [5.74, 6) is -0.0485. The predicted octanol–water partition coefficient (Wildman–Crippen LogP) is 1.97. The van der Waals surface area contributed by atoms with Crippen LogP contribution in [0.2, 0.25) is 0 Å². The Labute approximate surface area is 99.8 Å². The van der Waals surface area contributed by atoms with Crippen molar-refractivity contribution < 1.29 is 9.90 Å². The number of carbonyl (C=O) groups is 1. The van der Waals surface area contributed by atoms with Crippen molar-refractivity contribution in [3.63, 3.8) is 0 Å². The summed E-state index contributed by atoms with van der Waals surface area (Å²) in [6, 6.07) is 0. The van der Waals surface area contributed by atoms with E-state index < -0.39 is 5.60 Å². The van der Waals surface area contributed by atoms with E-state index in [-0.39, 0.29) is 10.7 Å². The molecule has 0 aromatic heterocycles. The minimum Gasteiger partial charge on any atom is -0.388 e. The minimum absolute atomic E-state index is 0.0485. The van der Waals surface area contributed by atoms with E-state index in [9.17, 15) is 9.90 Å². The summed E-state index contributed by atoms with van der Waals surface area (Å²) in [7, 11) is 0. The third kappa shape index (κ3) is 4.51. The van der Waals surface area contributed by atoms with Gasteiger partial charge in [0.2, 0.25) is 5.91 Å². The van der Waals surface area contributed by atoms with E-state index in [1.54, 1.807) is 6.92 Å². The van der Waals surface area contributed by atoms with Crippen LogP contribution in [0.15, 0.2) is 0 Å². The molecular formula is C11H20BrNO2. The zero-order valence-corrected chi connectivity index (χ0v) is 10.8. The Kier molecular flexibility index (Phi) is 5.06. The Morgan fingerprint density at radius 1 is 1.40 bits per heavy atom. The summed E-state index contributed by atoms with van der Waals surface area (Å²) < 4.78 is 0. The summed E-state index contributed by atoms with van der Waals surface area (Å²) in [6.45, 7) is 2.17. The highest BCUT2D eigenvalue weighted by Crippen LogP contribution is 2.26. The van der Waals surface area contributed by atoms with Gasteiger partial charge in [-0.3, -0.25) is 4.79 Å². The van der Waals surface area contributed by atoms with E-state index in [2.05, 4.69) is 21.2 Å². The molecule has 0 heterocycles. The second-order valence-corrected chi connectivity index (χ2v) is 5.85. The molecule has 1 unspecified atom stereocenters. The summed E-state index contributed by atoms with van der Waals surface area (Å²) in [4.78, 5) is 11.2. The predicted molar refractivity (Wildman–Crippen MR) is 64.1 cm³/mol. The molecule has 0 aliphatic heterocycles. The topological polar surface area (TPSA) is 49.3 Å². The maximum atomic E-state index is 11.3. The third-order valence-corrected chi connectivity index (χ3v) is 3.40. The lowest BCUT2D eigenvalue weighted by atomic mass is 9.94. The second-order valence-electron chi connectivity index (χ2n) is 4.47. The summed E-state index contributed by atoms with van der Waals surface area (Å²) in [6.07, 6.45) is 6.15. The van der Waals surface area contributed by atoms with Gasteiger partial charge in [-0.2, -0.15) is 0 Å². The fourth-order valence-electron chi connectivity index (χ4n) is 1.96. The molecule has 1 fully saturated rings. The van der Waals surface area contributed by atoms with Gasteiger partial charge >= 0.3 is 0 Å². The van der Waals surface area contributed by atoms with Gasteiger partial charge in [-0.1, -0.05) is 41.6 Å². The van der Waals surface area contributed by atoms with Crippen molar-refractivity contribution >= 4 is 21.8 Å². The lowest BCUT2D eigenvalue weighted by Gasteiger charge is -2.27. The fourth-order valence-corrected chi connectivity index (χ4v) is 2.12. The first-order chi connectivity index (χ1) is 7.03. The first-order valence-corrected chi connectivity index (χ1v) is 6.59. The number of hydrogen-bond acceptors (Lipinski definition) is 2. The highest BCUT2D eigenvalue weighted by Gasteiger charge is 2.28. The molecule has 3 nitrogen and oxygen atoms in total. The fraction of sp³-hybridized carbons (Fsp3) is 0.909. The van der Waals surface area contributed by atoms with Crippen LogP contribution in [0, 0.1) is 0 Å². The van der Waals surface area contributed by atoms with Crippen molar-refractivity contribution in [1.29, 1.82) is 0 Å². The molecule has 1 amide bonds. The number of halogens is 1. The molecule has 0 saturated heterocycles. The lowest BCUT2D eigenvalue weighted by molar-refractivity contribution is -0.121. The molecule has 1 rings (SSSR count). The Morgan fingerprint density at radius 3 is 2.40 bits per heavy atom. The molecule has 1 atom stereocenters. The number of alkyl halides is 1. The van der Waals surface area contributed by atoms with Gasteiger partial charge in [0.25, 0.3) is 0 Å². The van der Waals surface area contributed by atoms with Crippen molar-refractivity contribution in [2.45, 2.75) is 55.9 Å². The molecule has 0 aromatic carbocycles. The van der Waals surface area contributed by atoms with Gasteiger partial charge in [0.15, 0.2) is 0 Å². The molecular weight excluding hydrogens is 258 g/mol. The zero-order chi connectivity index (χ0) is 11.3. The highest BCUT2D eigenvalue weighted by atomic mass is 79.9. The Morgan fingerprint density at radius 2 is 1.93 bits per heavy atom. The first-order valence-electron chi connectivity index (χ1n) is 5.68. The highest BCUT2D eigenvalue weighted by molar-refractivity contribution is 9.10. The number of hydrogen-bond donors (Lipinski definition) is 2. The standard InChI is InChI=1S/C11H20BrNO2/c1-9(12)10(14)13-8-11(15)6-4-2-3-5-7-11/h9,15H,2-8H2,1H3,(H,13,14). The molecule has 0 spiro atoms. The SMILES string of the molecule is CC(Br)C(=O)NCC1(O)CCCCCC1. The zero-order valence-electron chi connectivity index (χ0n) is 9.26. The third-order valence-electron chi connectivity index (χ3n) is 2.99. The van der Waals surface area contributed by atoms with Gasteiger partial charge in [-0.05, 0) is 19.8 Å². The van der Waals surface area contributed by atoms with Crippen molar-refractivity contribution in [2.24, 2.45) is 0 Å². The van der Waals surface area contributed by atoms with E-state index in [0.29, 0.717) is 6.54 Å². The van der Waals surface area contributed by atoms with Gasteiger partial charge < -0.3 is 10.4 Å². The monoisotopic (exact) mass is 277 g/mol. The van der Waals surface area contributed by atoms with Gasteiger partial charge in [0.1, 0.15) is 0 Å². The number of carbonyl (C=O) groups excluding carboxylic acids is 1. The van der Waals surface area contributed by atoms with Crippen LogP contribution >= 0.6 is 15.9 Å². The van der Waals surface area contributed by atoms with Crippen LogP contribution in [0.4, 0.5) is 0 Å². The van der Waals surface area contributed by atoms with Crippen molar-refractivity contribution in [3.05, 3.63) is 0 Å². The number of aliphatic hydroxyl groups is 1. The Balaban J connectivity index is 2.37. The molecule has 1 aliphatic carbocycles. The van der Waals surface area contributed by atoms with Crippen LogP contribution in [0.25, 0.3) is 0 Å². The van der Waals surface area contributed by atoms with Gasteiger partial charge in [-0.25, -0.2) is 0 Å². The Bertz CT molecular complexity index is 211.